The topological polar surface area (TPSA) is 0 Å². The molecule has 0 radical (unpaired) electrons. The minimum Gasteiger partial charge on any atom is -0.0619 e. The molecule has 12 rings (SSSR count). The second-order valence-electron chi connectivity index (χ2n) is 18.8. The summed E-state index contributed by atoms with van der Waals surface area (Å²) < 4.78 is 0. The van der Waals surface area contributed by atoms with Crippen LogP contribution in [-0.4, -0.2) is 0 Å². The molecule has 0 nitrogen and oxygen atoms in total. The number of benzene rings is 9. The van der Waals surface area contributed by atoms with Gasteiger partial charge in [-0.1, -0.05) is 187 Å². The van der Waals surface area contributed by atoms with E-state index in [1.807, 2.05) is 0 Å². The Bertz CT molecular complexity index is 3290. The van der Waals surface area contributed by atoms with Gasteiger partial charge in [0.1, 0.15) is 0 Å². The van der Waals surface area contributed by atoms with Crippen molar-refractivity contribution in [3.05, 3.63) is 203 Å². The van der Waals surface area contributed by atoms with Crippen LogP contribution in [0.3, 0.4) is 0 Å². The predicted octanol–water partition coefficient (Wildman–Crippen LogP) is 15.9. The molecule has 59 heavy (non-hydrogen) atoms. The molecule has 0 aromatic heterocycles. The second-order valence-corrected chi connectivity index (χ2v) is 18.8. The van der Waals surface area contributed by atoms with Gasteiger partial charge in [0, 0.05) is 16.2 Å². The van der Waals surface area contributed by atoms with Crippen LogP contribution in [0.1, 0.15) is 74.9 Å². The van der Waals surface area contributed by atoms with E-state index in [4.69, 9.17) is 0 Å². The number of fused-ring (bicyclic) bond motifs is 11. The molecule has 0 atom stereocenters. The van der Waals surface area contributed by atoms with Crippen molar-refractivity contribution in [3.8, 4) is 66.8 Å². The van der Waals surface area contributed by atoms with Gasteiger partial charge in [-0.2, -0.15) is 0 Å². The summed E-state index contributed by atoms with van der Waals surface area (Å²) in [5, 5.41) is 5.14. The van der Waals surface area contributed by atoms with Gasteiger partial charge in [-0.05, 0) is 146 Å². The van der Waals surface area contributed by atoms with Crippen molar-refractivity contribution >= 4 is 21.5 Å². The number of rotatable bonds is 3. The van der Waals surface area contributed by atoms with Crippen LogP contribution >= 0.6 is 0 Å². The second kappa shape index (κ2) is 11.8. The van der Waals surface area contributed by atoms with E-state index in [0.29, 0.717) is 0 Å². The lowest BCUT2D eigenvalue weighted by Gasteiger charge is -2.24. The first-order valence-electron chi connectivity index (χ1n) is 21.3. The van der Waals surface area contributed by atoms with E-state index >= 15 is 0 Å². The van der Waals surface area contributed by atoms with Gasteiger partial charge < -0.3 is 0 Å². The average molecular weight is 755 g/mol. The summed E-state index contributed by atoms with van der Waals surface area (Å²) in [6.45, 7) is 14.3. The minimum absolute atomic E-state index is 0.0480. The van der Waals surface area contributed by atoms with E-state index in [0.717, 1.165) is 0 Å². The highest BCUT2D eigenvalue weighted by Gasteiger charge is 2.38. The van der Waals surface area contributed by atoms with Crippen molar-refractivity contribution in [2.75, 3.05) is 0 Å². The van der Waals surface area contributed by atoms with Crippen molar-refractivity contribution in [1.29, 1.82) is 0 Å². The average Bonchev–Trinajstić information content (AvgIpc) is 3.74. The molecule has 0 aliphatic heterocycles. The lowest BCUT2D eigenvalue weighted by atomic mass is 9.79. The highest BCUT2D eigenvalue weighted by Crippen LogP contribution is 2.54. The summed E-state index contributed by atoms with van der Waals surface area (Å²) in [6, 6.07) is 65.0. The maximum absolute atomic E-state index is 2.50. The van der Waals surface area contributed by atoms with E-state index in [2.05, 4.69) is 211 Å². The zero-order chi connectivity index (χ0) is 40.0. The van der Waals surface area contributed by atoms with Crippen molar-refractivity contribution in [1.82, 2.24) is 0 Å². The van der Waals surface area contributed by atoms with Crippen molar-refractivity contribution in [2.45, 2.75) is 57.8 Å². The van der Waals surface area contributed by atoms with E-state index in [1.54, 1.807) is 0 Å². The zero-order valence-corrected chi connectivity index (χ0v) is 34.7. The molecule has 3 aliphatic rings. The highest BCUT2D eigenvalue weighted by atomic mass is 14.4. The largest absolute Gasteiger partial charge is 0.0619 e. The molecule has 0 saturated heterocycles. The molecular weight excluding hydrogens is 709 g/mol. The van der Waals surface area contributed by atoms with Gasteiger partial charge >= 0.3 is 0 Å². The Hall–Kier alpha value is -6.50. The minimum atomic E-state index is -0.0872. The Morgan fingerprint density at radius 3 is 1.19 bits per heavy atom. The van der Waals surface area contributed by atoms with Crippen molar-refractivity contribution in [2.24, 2.45) is 0 Å². The Morgan fingerprint density at radius 1 is 0.237 bits per heavy atom. The molecule has 0 bridgehead atoms. The summed E-state index contributed by atoms with van der Waals surface area (Å²) in [5.74, 6) is 0. The third-order valence-corrected chi connectivity index (χ3v) is 14.7. The number of hydrogen-bond donors (Lipinski definition) is 0. The maximum Gasteiger partial charge on any atom is 0.0159 e. The van der Waals surface area contributed by atoms with Gasteiger partial charge in [0.25, 0.3) is 0 Å². The molecule has 9 aromatic rings. The highest BCUT2D eigenvalue weighted by molar-refractivity contribution is 6.22. The van der Waals surface area contributed by atoms with E-state index < -0.39 is 0 Å². The first-order chi connectivity index (χ1) is 28.5. The molecule has 0 fully saturated rings. The van der Waals surface area contributed by atoms with Crippen LogP contribution in [0.25, 0.3) is 88.3 Å². The standard InChI is InChI=1S/C59H46/c1-57(2)51-22-14-11-17-41(51)47-32-37(26-30-52(47)57)56-45-19-8-7-18-44(45)55(38-25-28-43-40-16-10-13-21-50(40)59(5,6)54(43)34-38)46-29-24-35(31-48(46)56)36-23-27-42-39-15-9-12-20-49(39)58(3,4)53(42)33-36/h7-34H,1-6H3. The smallest absolute Gasteiger partial charge is 0.0159 e. The van der Waals surface area contributed by atoms with Crippen LogP contribution in [0.2, 0.25) is 0 Å². The quantitative estimate of drug-likeness (QED) is 0.158. The Morgan fingerprint density at radius 2 is 0.593 bits per heavy atom. The zero-order valence-electron chi connectivity index (χ0n) is 34.7. The summed E-state index contributed by atoms with van der Waals surface area (Å²) >= 11 is 0. The summed E-state index contributed by atoms with van der Waals surface area (Å²) in [6.07, 6.45) is 0. The molecular formula is C59H46. The molecule has 3 aliphatic carbocycles. The molecule has 0 heterocycles. The molecule has 0 amide bonds. The van der Waals surface area contributed by atoms with E-state index in [9.17, 15) is 0 Å². The van der Waals surface area contributed by atoms with Crippen LogP contribution in [0.15, 0.2) is 170 Å². The summed E-state index contributed by atoms with van der Waals surface area (Å²) in [7, 11) is 0. The van der Waals surface area contributed by atoms with E-state index in [-0.39, 0.29) is 16.2 Å². The van der Waals surface area contributed by atoms with Crippen LogP contribution in [0, 0.1) is 0 Å². The summed E-state index contributed by atoms with van der Waals surface area (Å²) in [5.41, 5.74) is 24.0. The van der Waals surface area contributed by atoms with Gasteiger partial charge in [-0.25, -0.2) is 0 Å². The fraction of sp³-hybridized carbons (Fsp3) is 0.153. The first kappa shape index (κ1) is 34.5. The normalized spacial score (nSPS) is 15.7. The lowest BCUT2D eigenvalue weighted by molar-refractivity contribution is 0.660. The fourth-order valence-electron chi connectivity index (χ4n) is 11.6. The predicted molar refractivity (Wildman–Crippen MR) is 250 cm³/mol. The third kappa shape index (κ3) is 4.61. The van der Waals surface area contributed by atoms with Crippen LogP contribution in [-0.2, 0) is 16.2 Å². The van der Waals surface area contributed by atoms with Crippen molar-refractivity contribution in [3.63, 3.8) is 0 Å². The molecule has 0 spiro atoms. The molecule has 0 saturated carbocycles. The van der Waals surface area contributed by atoms with Crippen LogP contribution in [0.4, 0.5) is 0 Å². The van der Waals surface area contributed by atoms with Crippen molar-refractivity contribution < 1.29 is 0 Å². The first-order valence-corrected chi connectivity index (χ1v) is 21.3. The molecule has 0 N–H and O–H groups in total. The monoisotopic (exact) mass is 754 g/mol. The van der Waals surface area contributed by atoms with Crippen LogP contribution in [0.5, 0.6) is 0 Å². The van der Waals surface area contributed by atoms with Gasteiger partial charge in [0.2, 0.25) is 0 Å². The van der Waals surface area contributed by atoms with Gasteiger partial charge in [0.05, 0.1) is 0 Å². The Labute approximate surface area is 347 Å². The molecule has 0 heteroatoms. The molecule has 0 unspecified atom stereocenters. The Kier molecular flexibility index (Phi) is 6.91. The molecule has 9 aromatic carbocycles. The van der Waals surface area contributed by atoms with Gasteiger partial charge in [0.15, 0.2) is 0 Å². The third-order valence-electron chi connectivity index (χ3n) is 14.7. The molecule has 282 valence electrons. The van der Waals surface area contributed by atoms with E-state index in [1.165, 1.54) is 122 Å². The maximum atomic E-state index is 2.50. The SMILES string of the molecule is CC1(C)c2ccccc2-c2cc(-c3c4ccccc4c(-c4ccc5c(c4)C(C)(C)c4ccccc4-5)c4ccc(-c5ccc6c(c5)C(C)(C)c5ccccc5-6)cc34)ccc21. The number of hydrogen-bond acceptors (Lipinski definition) is 0. The summed E-state index contributed by atoms with van der Waals surface area (Å²) in [4.78, 5) is 0. The van der Waals surface area contributed by atoms with Crippen LogP contribution < -0.4 is 0 Å². The van der Waals surface area contributed by atoms with Gasteiger partial charge in [-0.15, -0.1) is 0 Å². The Balaban J connectivity index is 1.13. The fourth-order valence-corrected chi connectivity index (χ4v) is 11.6. The van der Waals surface area contributed by atoms with Gasteiger partial charge in [-0.3, -0.25) is 0 Å². The lowest BCUT2D eigenvalue weighted by Crippen LogP contribution is -2.14.